The highest BCUT2D eigenvalue weighted by Crippen LogP contribution is 1.97. The van der Waals surface area contributed by atoms with E-state index in [4.69, 9.17) is 0 Å². The molecule has 0 atom stereocenters. The zero-order chi connectivity index (χ0) is 7.82. The lowest BCUT2D eigenvalue weighted by molar-refractivity contribution is 0.824. The van der Waals surface area contributed by atoms with Crippen molar-refractivity contribution in [2.24, 2.45) is 0 Å². The molecule has 0 saturated heterocycles. The minimum absolute atomic E-state index is 0. The molecule has 2 N–H and O–H groups in total. The van der Waals surface area contributed by atoms with Crippen molar-refractivity contribution in [3.8, 4) is 0 Å². The van der Waals surface area contributed by atoms with E-state index in [0.717, 1.165) is 0 Å². The van der Waals surface area contributed by atoms with E-state index < -0.39 is 0 Å². The highest BCUT2D eigenvalue weighted by atomic mass is 16.0. The second-order valence-corrected chi connectivity index (χ2v) is 1.61. The maximum Gasteiger partial charge on any atom is -0.0263 e. The summed E-state index contributed by atoms with van der Waals surface area (Å²) in [4.78, 5) is 0. The van der Waals surface area contributed by atoms with E-state index in [1.807, 2.05) is 36.4 Å². The zero-order valence-electron chi connectivity index (χ0n) is 6.59. The van der Waals surface area contributed by atoms with Crippen molar-refractivity contribution in [2.45, 2.75) is 0 Å². The van der Waals surface area contributed by atoms with Crippen LogP contribution in [0, 0.1) is 0 Å². The van der Waals surface area contributed by atoms with Gasteiger partial charge in [-0.25, -0.2) is 0 Å². The summed E-state index contributed by atoms with van der Waals surface area (Å²) in [7, 11) is 0. The first-order chi connectivity index (χ1) is 4.93. The van der Waals surface area contributed by atoms with Gasteiger partial charge in [0, 0.05) is 0 Å². The van der Waals surface area contributed by atoms with E-state index in [1.165, 1.54) is 5.56 Å². The van der Waals surface area contributed by atoms with Crippen LogP contribution in [-0.2, 0) is 0 Å². The van der Waals surface area contributed by atoms with Crippen molar-refractivity contribution in [1.29, 1.82) is 0 Å². The van der Waals surface area contributed by atoms with Crippen LogP contribution in [0.2, 0.25) is 0 Å². The van der Waals surface area contributed by atoms with Crippen LogP contribution in [0.15, 0.2) is 50.1 Å². The molecular formula is C10H14O. The van der Waals surface area contributed by atoms with Crippen LogP contribution in [0.25, 0.3) is 6.08 Å². The highest BCUT2D eigenvalue weighted by Gasteiger charge is 1.75. The smallest absolute Gasteiger partial charge is 0.0263 e. The summed E-state index contributed by atoms with van der Waals surface area (Å²) in [5, 5.41) is 0. The van der Waals surface area contributed by atoms with Gasteiger partial charge in [0.25, 0.3) is 0 Å². The van der Waals surface area contributed by atoms with Gasteiger partial charge in [-0.1, -0.05) is 43.0 Å². The highest BCUT2D eigenvalue weighted by molar-refractivity contribution is 5.45. The van der Waals surface area contributed by atoms with E-state index in [2.05, 4.69) is 19.7 Å². The summed E-state index contributed by atoms with van der Waals surface area (Å²) in [5.41, 5.74) is 1.17. The first-order valence-corrected chi connectivity index (χ1v) is 3.11. The molecule has 0 saturated carbocycles. The van der Waals surface area contributed by atoms with Crippen LogP contribution in [-0.4, -0.2) is 5.48 Å². The average molecular weight is 150 g/mol. The Morgan fingerprint density at radius 3 is 1.73 bits per heavy atom. The van der Waals surface area contributed by atoms with E-state index in [-0.39, 0.29) is 5.48 Å². The van der Waals surface area contributed by atoms with Gasteiger partial charge in [-0.05, 0) is 5.56 Å². The first kappa shape index (κ1) is 12.3. The topological polar surface area (TPSA) is 31.5 Å². The van der Waals surface area contributed by atoms with Gasteiger partial charge in [0.1, 0.15) is 0 Å². The molecule has 0 bridgehead atoms. The van der Waals surface area contributed by atoms with E-state index in [0.29, 0.717) is 0 Å². The van der Waals surface area contributed by atoms with Crippen molar-refractivity contribution in [1.82, 2.24) is 0 Å². The molecule has 0 radical (unpaired) electrons. The molecule has 1 aromatic carbocycles. The van der Waals surface area contributed by atoms with E-state index >= 15 is 0 Å². The molecule has 0 aromatic heterocycles. The zero-order valence-corrected chi connectivity index (χ0v) is 6.59. The Morgan fingerprint density at radius 2 is 1.45 bits per heavy atom. The minimum atomic E-state index is 0. The summed E-state index contributed by atoms with van der Waals surface area (Å²) in [6, 6.07) is 10.0. The summed E-state index contributed by atoms with van der Waals surface area (Å²) in [6.45, 7) is 9.63. The number of hydrogen-bond donors (Lipinski definition) is 0. The fourth-order valence-electron chi connectivity index (χ4n) is 0.589. The van der Waals surface area contributed by atoms with Crippen LogP contribution < -0.4 is 0 Å². The van der Waals surface area contributed by atoms with Gasteiger partial charge in [-0.15, -0.1) is 13.2 Å². The van der Waals surface area contributed by atoms with Gasteiger partial charge in [0.2, 0.25) is 0 Å². The van der Waals surface area contributed by atoms with Gasteiger partial charge in [0.05, 0.1) is 0 Å². The molecule has 0 amide bonds. The second-order valence-electron chi connectivity index (χ2n) is 1.61. The Balaban J connectivity index is 0. The Morgan fingerprint density at radius 1 is 1.00 bits per heavy atom. The lowest BCUT2D eigenvalue weighted by Gasteiger charge is -1.85. The van der Waals surface area contributed by atoms with Crippen molar-refractivity contribution < 1.29 is 5.48 Å². The minimum Gasteiger partial charge on any atom is -0.412 e. The number of benzene rings is 1. The van der Waals surface area contributed by atoms with Crippen LogP contribution in [0.3, 0.4) is 0 Å². The first-order valence-electron chi connectivity index (χ1n) is 3.11. The molecule has 0 aliphatic heterocycles. The Labute approximate surface area is 68.0 Å². The third-order valence-electron chi connectivity index (χ3n) is 1.04. The summed E-state index contributed by atoms with van der Waals surface area (Å²) in [6.07, 6.45) is 1.83. The van der Waals surface area contributed by atoms with E-state index in [1.54, 1.807) is 0 Å². The van der Waals surface area contributed by atoms with Crippen LogP contribution in [0.5, 0.6) is 0 Å². The van der Waals surface area contributed by atoms with Crippen molar-refractivity contribution >= 4 is 6.08 Å². The predicted molar refractivity (Wildman–Crippen MR) is 51.4 cm³/mol. The molecule has 1 heteroatoms. The van der Waals surface area contributed by atoms with Crippen LogP contribution >= 0.6 is 0 Å². The molecule has 1 nitrogen and oxygen atoms in total. The monoisotopic (exact) mass is 150 g/mol. The quantitative estimate of drug-likeness (QED) is 0.550. The molecule has 0 fully saturated rings. The fourth-order valence-corrected chi connectivity index (χ4v) is 0.589. The summed E-state index contributed by atoms with van der Waals surface area (Å²) >= 11 is 0. The normalized spacial score (nSPS) is 6.55. The molecular weight excluding hydrogens is 136 g/mol. The van der Waals surface area contributed by atoms with Crippen LogP contribution in [0.1, 0.15) is 5.56 Å². The molecule has 0 unspecified atom stereocenters. The van der Waals surface area contributed by atoms with Gasteiger partial charge in [-0.3, -0.25) is 0 Å². The standard InChI is InChI=1S/C8H8.C2H4.H2O/c1-2-8-6-4-3-5-7-8;1-2;/h2-7H,1H2;1-2H2;1H2. The van der Waals surface area contributed by atoms with Crippen molar-refractivity contribution in [2.75, 3.05) is 0 Å². The van der Waals surface area contributed by atoms with Gasteiger partial charge < -0.3 is 5.48 Å². The Bertz CT molecular complexity index is 179. The maximum atomic E-state index is 3.63. The SMILES string of the molecule is C=C.C=Cc1ccccc1.O. The molecule has 11 heavy (non-hydrogen) atoms. The maximum absolute atomic E-state index is 3.63. The number of hydrogen-bond acceptors (Lipinski definition) is 0. The molecule has 60 valence electrons. The lowest BCUT2D eigenvalue weighted by Crippen LogP contribution is -1.63. The molecule has 1 aromatic rings. The number of rotatable bonds is 1. The fraction of sp³-hybridized carbons (Fsp3) is 0. The third kappa shape index (κ3) is 5.12. The van der Waals surface area contributed by atoms with Crippen molar-refractivity contribution in [3.05, 3.63) is 55.6 Å². The average Bonchev–Trinajstić information content (AvgIpc) is 2.10. The van der Waals surface area contributed by atoms with Gasteiger partial charge in [-0.2, -0.15) is 0 Å². The van der Waals surface area contributed by atoms with Gasteiger partial charge >= 0.3 is 0 Å². The Kier molecular flexibility index (Phi) is 9.72. The predicted octanol–water partition coefficient (Wildman–Crippen LogP) is 2.31. The van der Waals surface area contributed by atoms with Crippen molar-refractivity contribution in [3.63, 3.8) is 0 Å². The van der Waals surface area contributed by atoms with Gasteiger partial charge in [0.15, 0.2) is 0 Å². The molecule has 0 heterocycles. The molecule has 0 aliphatic rings. The molecule has 0 spiro atoms. The summed E-state index contributed by atoms with van der Waals surface area (Å²) < 4.78 is 0. The third-order valence-corrected chi connectivity index (χ3v) is 1.04. The summed E-state index contributed by atoms with van der Waals surface area (Å²) in [5.74, 6) is 0. The molecule has 1 rings (SSSR count). The van der Waals surface area contributed by atoms with Crippen LogP contribution in [0.4, 0.5) is 0 Å². The lowest BCUT2D eigenvalue weighted by atomic mass is 10.2. The second kappa shape index (κ2) is 8.66. The molecule has 0 aliphatic carbocycles. The van der Waals surface area contributed by atoms with E-state index in [9.17, 15) is 0 Å². The largest absolute Gasteiger partial charge is 0.412 e. The Hall–Kier alpha value is -1.34.